The van der Waals surface area contributed by atoms with Gasteiger partial charge >= 0.3 is 0 Å². The maximum Gasteiger partial charge on any atom is 0.270 e. The number of aromatic nitrogens is 1. The van der Waals surface area contributed by atoms with E-state index in [1.807, 2.05) is 13.8 Å². The summed E-state index contributed by atoms with van der Waals surface area (Å²) in [5.41, 5.74) is 0.874. The van der Waals surface area contributed by atoms with Gasteiger partial charge in [0.25, 0.3) is 11.8 Å². The molecule has 2 aromatic rings. The molecule has 3 amide bonds. The van der Waals surface area contributed by atoms with Gasteiger partial charge in [-0.05, 0) is 50.2 Å². The summed E-state index contributed by atoms with van der Waals surface area (Å²) in [5.74, 6) is -0.880. The molecule has 2 heterocycles. The highest BCUT2D eigenvalue weighted by Gasteiger charge is 2.27. The smallest absolute Gasteiger partial charge is 0.270 e. The van der Waals surface area contributed by atoms with Crippen molar-refractivity contribution in [1.29, 1.82) is 0 Å². The largest absolute Gasteiger partial charge is 0.352 e. The zero-order valence-electron chi connectivity index (χ0n) is 16.6. The Balaban J connectivity index is 1.59. The summed E-state index contributed by atoms with van der Waals surface area (Å²) in [7, 11) is 0. The van der Waals surface area contributed by atoms with Crippen molar-refractivity contribution in [3.8, 4) is 0 Å². The van der Waals surface area contributed by atoms with Crippen LogP contribution in [0.15, 0.2) is 42.6 Å². The fraction of sp³-hybridized carbons (Fsp3) is 0.381. The lowest BCUT2D eigenvalue weighted by Crippen LogP contribution is -2.51. The van der Waals surface area contributed by atoms with E-state index in [1.54, 1.807) is 32.7 Å². The molecule has 0 atom stereocenters. The number of carbonyl (C=O) groups excluding carboxylic acids is 3. The Morgan fingerprint density at radius 3 is 2.14 bits per heavy atom. The minimum Gasteiger partial charge on any atom is -0.352 e. The van der Waals surface area contributed by atoms with Crippen LogP contribution in [0, 0.1) is 5.82 Å². The summed E-state index contributed by atoms with van der Waals surface area (Å²) < 4.78 is 14.7. The highest BCUT2D eigenvalue weighted by Crippen LogP contribution is 2.13. The number of amides is 3. The lowest BCUT2D eigenvalue weighted by molar-refractivity contribution is -0.122. The van der Waals surface area contributed by atoms with Gasteiger partial charge in [-0.2, -0.15) is 0 Å². The number of rotatable bonds is 5. The predicted molar refractivity (Wildman–Crippen MR) is 106 cm³/mol. The Kier molecular flexibility index (Phi) is 6.31. The first-order chi connectivity index (χ1) is 13.8. The van der Waals surface area contributed by atoms with Gasteiger partial charge in [0.15, 0.2) is 0 Å². The van der Waals surface area contributed by atoms with Crippen molar-refractivity contribution in [2.45, 2.75) is 26.4 Å². The molecule has 1 saturated heterocycles. The molecule has 1 aliphatic rings. The second kappa shape index (κ2) is 8.89. The van der Waals surface area contributed by atoms with Crippen LogP contribution < -0.4 is 5.32 Å². The molecule has 8 heteroatoms. The highest BCUT2D eigenvalue weighted by atomic mass is 19.1. The summed E-state index contributed by atoms with van der Waals surface area (Å²) in [5, 5.41) is 2.81. The molecule has 1 fully saturated rings. The lowest BCUT2D eigenvalue weighted by Gasteiger charge is -2.35. The van der Waals surface area contributed by atoms with Crippen molar-refractivity contribution >= 4 is 17.7 Å². The summed E-state index contributed by atoms with van der Waals surface area (Å²) in [4.78, 5) is 40.8. The van der Waals surface area contributed by atoms with Crippen LogP contribution in [0.2, 0.25) is 0 Å². The Hall–Kier alpha value is -3.16. The van der Waals surface area contributed by atoms with Crippen molar-refractivity contribution in [3.63, 3.8) is 0 Å². The van der Waals surface area contributed by atoms with Gasteiger partial charge < -0.3 is 19.7 Å². The van der Waals surface area contributed by atoms with E-state index in [0.29, 0.717) is 37.4 Å². The third-order valence-corrected chi connectivity index (χ3v) is 4.76. The van der Waals surface area contributed by atoms with Crippen molar-refractivity contribution in [1.82, 2.24) is 19.7 Å². The average molecular weight is 400 g/mol. The summed E-state index contributed by atoms with van der Waals surface area (Å²) in [6.45, 7) is 5.44. The van der Waals surface area contributed by atoms with Gasteiger partial charge in [-0.25, -0.2) is 4.39 Å². The number of carbonyl (C=O) groups is 3. The molecule has 1 N–H and O–H groups in total. The average Bonchev–Trinajstić information content (AvgIpc) is 3.15. The second-order valence-electron chi connectivity index (χ2n) is 7.33. The molecule has 1 aliphatic heterocycles. The first-order valence-electron chi connectivity index (χ1n) is 9.64. The van der Waals surface area contributed by atoms with E-state index < -0.39 is 0 Å². The number of hydrogen-bond donors (Lipinski definition) is 1. The molecule has 0 aliphatic carbocycles. The molecule has 7 nitrogen and oxygen atoms in total. The Bertz CT molecular complexity index is 884. The molecule has 154 valence electrons. The van der Waals surface area contributed by atoms with Crippen molar-refractivity contribution in [3.05, 3.63) is 59.7 Å². The second-order valence-corrected chi connectivity index (χ2v) is 7.33. The van der Waals surface area contributed by atoms with Crippen LogP contribution in [-0.4, -0.2) is 64.3 Å². The predicted octanol–water partition coefficient (Wildman–Crippen LogP) is 1.75. The van der Waals surface area contributed by atoms with Crippen molar-refractivity contribution < 1.29 is 18.8 Å². The van der Waals surface area contributed by atoms with Crippen molar-refractivity contribution in [2.75, 3.05) is 26.2 Å². The first-order valence-corrected chi connectivity index (χ1v) is 9.64. The van der Waals surface area contributed by atoms with Gasteiger partial charge in [0, 0.05) is 44.0 Å². The Morgan fingerprint density at radius 1 is 0.966 bits per heavy atom. The quantitative estimate of drug-likeness (QED) is 0.831. The molecule has 29 heavy (non-hydrogen) atoms. The third kappa shape index (κ3) is 5.01. The normalized spacial score (nSPS) is 14.2. The lowest BCUT2D eigenvalue weighted by atomic mass is 10.1. The minimum atomic E-state index is -0.387. The van der Waals surface area contributed by atoms with Gasteiger partial charge in [0.1, 0.15) is 18.1 Å². The summed E-state index contributed by atoms with van der Waals surface area (Å²) in [6, 6.07) is 8.91. The number of nitrogens with one attached hydrogen (secondary N) is 1. The number of piperazine rings is 1. The standard InChI is InChI=1S/C21H25FN4O3/c1-15(2)23-19(27)14-26-9-3-4-18(26)21(29)25-12-10-24(11-13-25)20(28)16-5-7-17(22)8-6-16/h3-9,15H,10-14H2,1-2H3,(H,23,27). The fourth-order valence-electron chi connectivity index (χ4n) is 3.32. The Morgan fingerprint density at radius 2 is 1.55 bits per heavy atom. The van der Waals surface area contributed by atoms with E-state index in [4.69, 9.17) is 0 Å². The van der Waals surface area contributed by atoms with Crippen LogP contribution in [0.5, 0.6) is 0 Å². The van der Waals surface area contributed by atoms with Crippen LogP contribution in [0.25, 0.3) is 0 Å². The summed E-state index contributed by atoms with van der Waals surface area (Å²) in [6.07, 6.45) is 1.71. The van der Waals surface area contributed by atoms with Crippen LogP contribution >= 0.6 is 0 Å². The zero-order valence-corrected chi connectivity index (χ0v) is 16.6. The Labute approximate surface area is 169 Å². The van der Waals surface area contributed by atoms with Gasteiger partial charge in [-0.15, -0.1) is 0 Å². The topological polar surface area (TPSA) is 74.7 Å². The molecular formula is C21H25FN4O3. The maximum atomic E-state index is 13.0. The SMILES string of the molecule is CC(C)NC(=O)Cn1cccc1C(=O)N1CCN(C(=O)c2ccc(F)cc2)CC1. The van der Waals surface area contributed by atoms with Crippen molar-refractivity contribution in [2.24, 2.45) is 0 Å². The number of nitrogens with zero attached hydrogens (tertiary/aromatic N) is 3. The third-order valence-electron chi connectivity index (χ3n) is 4.76. The van der Waals surface area contributed by atoms with Crippen LogP contribution in [0.4, 0.5) is 4.39 Å². The van der Waals surface area contributed by atoms with Gasteiger partial charge in [-0.3, -0.25) is 14.4 Å². The molecular weight excluding hydrogens is 375 g/mol. The van der Waals surface area contributed by atoms with Gasteiger partial charge in [-0.1, -0.05) is 0 Å². The number of halogens is 1. The van der Waals surface area contributed by atoms with E-state index in [-0.39, 0.29) is 36.1 Å². The number of benzene rings is 1. The van der Waals surface area contributed by atoms with Crippen LogP contribution in [0.1, 0.15) is 34.7 Å². The van der Waals surface area contributed by atoms with E-state index in [2.05, 4.69) is 5.32 Å². The van der Waals surface area contributed by atoms with Gasteiger partial charge in [0.2, 0.25) is 5.91 Å². The molecule has 3 rings (SSSR count). The van der Waals surface area contributed by atoms with E-state index in [0.717, 1.165) is 0 Å². The fourth-order valence-corrected chi connectivity index (χ4v) is 3.32. The first kappa shape index (κ1) is 20.6. The minimum absolute atomic E-state index is 0.0314. The van der Waals surface area contributed by atoms with Gasteiger partial charge in [0.05, 0.1) is 0 Å². The molecule has 0 saturated carbocycles. The molecule has 0 radical (unpaired) electrons. The highest BCUT2D eigenvalue weighted by molar-refractivity contribution is 5.95. The molecule has 0 unspecified atom stereocenters. The molecule has 0 spiro atoms. The monoisotopic (exact) mass is 400 g/mol. The van der Waals surface area contributed by atoms with E-state index in [1.165, 1.54) is 24.3 Å². The summed E-state index contributed by atoms with van der Waals surface area (Å²) >= 11 is 0. The maximum absolute atomic E-state index is 13.0. The molecule has 0 bridgehead atoms. The zero-order chi connectivity index (χ0) is 21.0. The van der Waals surface area contributed by atoms with E-state index in [9.17, 15) is 18.8 Å². The van der Waals surface area contributed by atoms with E-state index >= 15 is 0 Å². The van der Waals surface area contributed by atoms with Crippen LogP contribution in [0.3, 0.4) is 0 Å². The number of hydrogen-bond acceptors (Lipinski definition) is 3. The molecule has 1 aromatic heterocycles. The van der Waals surface area contributed by atoms with Crippen LogP contribution in [-0.2, 0) is 11.3 Å². The molecule has 1 aromatic carbocycles.